The van der Waals surface area contributed by atoms with Gasteiger partial charge in [-0.05, 0) is 30.7 Å². The van der Waals surface area contributed by atoms with Crippen molar-refractivity contribution in [3.05, 3.63) is 41.0 Å². The molecule has 23 heavy (non-hydrogen) atoms. The molecule has 1 saturated heterocycles. The Morgan fingerprint density at radius 3 is 2.96 bits per heavy atom. The van der Waals surface area contributed by atoms with E-state index in [1.807, 2.05) is 31.2 Å². The molecule has 1 aromatic carbocycles. The van der Waals surface area contributed by atoms with Gasteiger partial charge in [0.2, 0.25) is 5.91 Å². The Kier molecular flexibility index (Phi) is 3.23. The first kappa shape index (κ1) is 14.4. The molecular formula is C17H17N3O2S. The van der Waals surface area contributed by atoms with Crippen molar-refractivity contribution in [3.8, 4) is 10.4 Å². The van der Waals surface area contributed by atoms with Crippen LogP contribution in [0.2, 0.25) is 0 Å². The maximum absolute atomic E-state index is 12.9. The summed E-state index contributed by atoms with van der Waals surface area (Å²) in [6.07, 6.45) is 0.999. The van der Waals surface area contributed by atoms with E-state index in [2.05, 4.69) is 4.98 Å². The number of piperidine rings is 1. The van der Waals surface area contributed by atoms with E-state index in [9.17, 15) is 9.59 Å². The third-order valence-corrected chi connectivity index (χ3v) is 5.63. The molecule has 118 valence electrons. The van der Waals surface area contributed by atoms with Crippen LogP contribution in [0.5, 0.6) is 0 Å². The number of hydrogen-bond donors (Lipinski definition) is 1. The van der Waals surface area contributed by atoms with Crippen LogP contribution in [0, 0.1) is 18.8 Å². The van der Waals surface area contributed by atoms with E-state index in [1.54, 1.807) is 10.4 Å². The third kappa shape index (κ3) is 2.34. The Hall–Kier alpha value is -2.21. The summed E-state index contributed by atoms with van der Waals surface area (Å²) < 4.78 is 0. The zero-order chi connectivity index (χ0) is 16.1. The van der Waals surface area contributed by atoms with E-state index >= 15 is 0 Å². The Balaban J connectivity index is 1.68. The van der Waals surface area contributed by atoms with Gasteiger partial charge in [-0.15, -0.1) is 11.3 Å². The number of benzene rings is 1. The Morgan fingerprint density at radius 2 is 2.22 bits per heavy atom. The molecule has 0 radical (unpaired) electrons. The van der Waals surface area contributed by atoms with Crippen molar-refractivity contribution in [2.24, 2.45) is 17.6 Å². The molecule has 6 heteroatoms. The second kappa shape index (κ2) is 5.16. The molecule has 4 rings (SSSR count). The van der Waals surface area contributed by atoms with Crippen molar-refractivity contribution in [3.63, 3.8) is 0 Å². The quantitative estimate of drug-likeness (QED) is 0.937. The van der Waals surface area contributed by atoms with E-state index in [-0.39, 0.29) is 11.8 Å². The number of likely N-dealkylation sites (tertiary alicyclic amines) is 1. The lowest BCUT2D eigenvalue weighted by atomic mass is 10.1. The van der Waals surface area contributed by atoms with Gasteiger partial charge in [-0.1, -0.05) is 29.8 Å². The molecule has 2 heterocycles. The molecule has 2 N–H and O–H groups in total. The number of amides is 2. The maximum Gasteiger partial charge on any atom is 0.274 e. The summed E-state index contributed by atoms with van der Waals surface area (Å²) in [5.74, 6) is 0.0875. The van der Waals surface area contributed by atoms with Crippen LogP contribution in [0.15, 0.2) is 29.8 Å². The van der Waals surface area contributed by atoms with E-state index in [0.717, 1.165) is 22.4 Å². The van der Waals surface area contributed by atoms with Crippen LogP contribution in [0.3, 0.4) is 0 Å². The molecule has 1 unspecified atom stereocenters. The van der Waals surface area contributed by atoms with Gasteiger partial charge < -0.3 is 10.6 Å². The molecule has 2 aromatic rings. The number of carbonyl (C=O) groups excluding carboxylic acids is 2. The standard InChI is InChI=1S/C17H17N3O2S/c1-9-3-2-4-10(5-9)15-13(19-8-23-15)17(22)20-7-11-6-12(11)14(20)16(18)21/h2-5,8,11-12,14H,6-7H2,1H3,(H2,18,21)/t11-,12?,14-/m0/s1. The van der Waals surface area contributed by atoms with Gasteiger partial charge in [0.25, 0.3) is 5.91 Å². The van der Waals surface area contributed by atoms with Crippen LogP contribution in [0.25, 0.3) is 10.4 Å². The van der Waals surface area contributed by atoms with Crippen LogP contribution in [0.1, 0.15) is 22.5 Å². The van der Waals surface area contributed by atoms with Crippen molar-refractivity contribution in [2.75, 3.05) is 6.54 Å². The smallest absolute Gasteiger partial charge is 0.274 e. The molecular weight excluding hydrogens is 310 g/mol. The lowest BCUT2D eigenvalue weighted by Gasteiger charge is -2.24. The highest BCUT2D eigenvalue weighted by Gasteiger charge is 2.56. The van der Waals surface area contributed by atoms with Gasteiger partial charge in [-0.2, -0.15) is 0 Å². The van der Waals surface area contributed by atoms with Gasteiger partial charge >= 0.3 is 0 Å². The molecule has 3 atom stereocenters. The first-order valence-corrected chi connectivity index (χ1v) is 8.55. The molecule has 1 aromatic heterocycles. The molecule has 2 amide bonds. The van der Waals surface area contributed by atoms with E-state index in [0.29, 0.717) is 18.2 Å². The van der Waals surface area contributed by atoms with E-state index in [4.69, 9.17) is 5.73 Å². The van der Waals surface area contributed by atoms with Crippen LogP contribution >= 0.6 is 11.3 Å². The van der Waals surface area contributed by atoms with Gasteiger partial charge in [0.05, 0.1) is 10.4 Å². The summed E-state index contributed by atoms with van der Waals surface area (Å²) in [7, 11) is 0. The molecule has 0 bridgehead atoms. The number of nitrogens with zero attached hydrogens (tertiary/aromatic N) is 2. The first-order chi connectivity index (χ1) is 11.1. The number of fused-ring (bicyclic) bond motifs is 1. The van der Waals surface area contributed by atoms with Crippen molar-refractivity contribution in [2.45, 2.75) is 19.4 Å². The molecule has 2 fully saturated rings. The summed E-state index contributed by atoms with van der Waals surface area (Å²) in [4.78, 5) is 31.4. The summed E-state index contributed by atoms with van der Waals surface area (Å²) >= 11 is 1.45. The number of aryl methyl sites for hydroxylation is 1. The van der Waals surface area contributed by atoms with Crippen LogP contribution in [0.4, 0.5) is 0 Å². The summed E-state index contributed by atoms with van der Waals surface area (Å²) in [5, 5.41) is 0. The van der Waals surface area contributed by atoms with Crippen LogP contribution in [-0.4, -0.2) is 34.3 Å². The SMILES string of the molecule is Cc1cccc(-c2scnc2C(=O)N2C[C@@H]3CC3[C@H]2C(N)=O)c1. The largest absolute Gasteiger partial charge is 0.368 e. The van der Waals surface area contributed by atoms with Gasteiger partial charge in [0.1, 0.15) is 11.7 Å². The van der Waals surface area contributed by atoms with Crippen molar-refractivity contribution in [1.82, 2.24) is 9.88 Å². The van der Waals surface area contributed by atoms with Crippen molar-refractivity contribution in [1.29, 1.82) is 0 Å². The van der Waals surface area contributed by atoms with Gasteiger partial charge in [0.15, 0.2) is 0 Å². The fourth-order valence-electron chi connectivity index (χ4n) is 3.56. The van der Waals surface area contributed by atoms with Gasteiger partial charge in [-0.3, -0.25) is 9.59 Å². The van der Waals surface area contributed by atoms with Gasteiger partial charge in [-0.25, -0.2) is 4.98 Å². The molecule has 0 spiro atoms. The van der Waals surface area contributed by atoms with Crippen LogP contribution < -0.4 is 5.73 Å². The fraction of sp³-hybridized carbons (Fsp3) is 0.353. The summed E-state index contributed by atoms with van der Waals surface area (Å²) in [5.41, 5.74) is 9.73. The predicted octanol–water partition coefficient (Wildman–Crippen LogP) is 2.06. The molecule has 2 aliphatic rings. The number of thiazole rings is 1. The number of nitrogens with two attached hydrogens (primary N) is 1. The number of rotatable bonds is 3. The number of hydrogen-bond acceptors (Lipinski definition) is 4. The Bertz CT molecular complexity index is 801. The topological polar surface area (TPSA) is 76.3 Å². The molecule has 1 aliphatic carbocycles. The summed E-state index contributed by atoms with van der Waals surface area (Å²) in [6.45, 7) is 2.63. The van der Waals surface area contributed by atoms with Crippen molar-refractivity contribution < 1.29 is 9.59 Å². The average molecular weight is 327 g/mol. The second-order valence-corrected chi connectivity index (χ2v) is 7.22. The zero-order valence-electron chi connectivity index (χ0n) is 12.7. The van der Waals surface area contributed by atoms with Crippen molar-refractivity contribution >= 4 is 23.2 Å². The molecule has 1 aliphatic heterocycles. The van der Waals surface area contributed by atoms with Gasteiger partial charge in [0, 0.05) is 6.54 Å². The minimum atomic E-state index is -0.473. The monoisotopic (exact) mass is 327 g/mol. The lowest BCUT2D eigenvalue weighted by molar-refractivity contribution is -0.122. The zero-order valence-corrected chi connectivity index (χ0v) is 13.5. The second-order valence-electron chi connectivity index (χ2n) is 6.36. The Labute approximate surface area is 138 Å². The van der Waals surface area contributed by atoms with E-state index < -0.39 is 11.9 Å². The minimum absolute atomic E-state index is 0.182. The van der Waals surface area contributed by atoms with E-state index in [1.165, 1.54) is 11.3 Å². The predicted molar refractivity (Wildman–Crippen MR) is 87.9 cm³/mol. The Morgan fingerprint density at radius 1 is 1.39 bits per heavy atom. The number of carbonyl (C=O) groups is 2. The number of primary amides is 1. The highest BCUT2D eigenvalue weighted by Crippen LogP contribution is 2.50. The number of aromatic nitrogens is 1. The lowest BCUT2D eigenvalue weighted by Crippen LogP contribution is -2.46. The average Bonchev–Trinajstić information content (AvgIpc) is 2.98. The summed E-state index contributed by atoms with van der Waals surface area (Å²) in [6, 6.07) is 7.53. The normalized spacial score (nSPS) is 25.3. The minimum Gasteiger partial charge on any atom is -0.368 e. The fourth-order valence-corrected chi connectivity index (χ4v) is 4.34. The molecule has 5 nitrogen and oxygen atoms in total. The third-order valence-electron chi connectivity index (χ3n) is 4.75. The van der Waals surface area contributed by atoms with Crippen LogP contribution in [-0.2, 0) is 4.79 Å². The highest BCUT2D eigenvalue weighted by atomic mass is 32.1. The highest BCUT2D eigenvalue weighted by molar-refractivity contribution is 7.13. The molecule has 1 saturated carbocycles. The first-order valence-electron chi connectivity index (χ1n) is 7.67. The maximum atomic E-state index is 12.9.